The Balaban J connectivity index is 2.46. The summed E-state index contributed by atoms with van der Waals surface area (Å²) >= 11 is 3.45. The van der Waals surface area contributed by atoms with Gasteiger partial charge in [-0.3, -0.25) is 4.79 Å². The number of anilines is 1. The van der Waals surface area contributed by atoms with E-state index in [-0.39, 0.29) is 17.0 Å². The van der Waals surface area contributed by atoms with E-state index in [0.29, 0.717) is 9.99 Å². The quantitative estimate of drug-likeness (QED) is 0.737. The third-order valence-corrected chi connectivity index (χ3v) is 4.09. The Morgan fingerprint density at radius 3 is 3.07 bits per heavy atom. The molecule has 0 saturated carbocycles. The number of nitrogens with one attached hydrogen (secondary N) is 1. The Labute approximate surface area is 105 Å². The molecule has 0 saturated heterocycles. The largest absolute Gasteiger partial charge is 0.325 e. The molecule has 0 spiro atoms. The van der Waals surface area contributed by atoms with Gasteiger partial charge in [-0.25, -0.2) is 4.39 Å². The summed E-state index contributed by atoms with van der Waals surface area (Å²) in [5, 5.41) is 2.98. The fourth-order valence-corrected chi connectivity index (χ4v) is 2.99. The van der Waals surface area contributed by atoms with Gasteiger partial charge in [-0.2, -0.15) is 0 Å². The standard InChI is InChI=1S/C10H9FINOS/c1-5-2-10(14)13-8-4-7(12)6(11)3-9(8)15-5/h3-5H,2H2,1H3,(H,13,14). The summed E-state index contributed by atoms with van der Waals surface area (Å²) in [6.45, 7) is 1.97. The van der Waals surface area contributed by atoms with Crippen molar-refractivity contribution in [2.24, 2.45) is 0 Å². The van der Waals surface area contributed by atoms with Gasteiger partial charge in [-0.05, 0) is 34.7 Å². The van der Waals surface area contributed by atoms with E-state index in [0.717, 1.165) is 10.6 Å². The second-order valence-corrected chi connectivity index (χ2v) is 6.09. The van der Waals surface area contributed by atoms with Crippen molar-refractivity contribution in [2.75, 3.05) is 5.32 Å². The molecule has 2 nitrogen and oxygen atoms in total. The van der Waals surface area contributed by atoms with E-state index < -0.39 is 0 Å². The van der Waals surface area contributed by atoms with Crippen LogP contribution in [0.5, 0.6) is 0 Å². The summed E-state index contributed by atoms with van der Waals surface area (Å²) in [5.41, 5.74) is 0.722. The maximum Gasteiger partial charge on any atom is 0.225 e. The smallest absolute Gasteiger partial charge is 0.225 e. The van der Waals surface area contributed by atoms with Crippen LogP contribution in [0.15, 0.2) is 17.0 Å². The number of fused-ring (bicyclic) bond motifs is 1. The first kappa shape index (κ1) is 11.2. The Hall–Kier alpha value is -0.300. The van der Waals surface area contributed by atoms with Gasteiger partial charge in [0.25, 0.3) is 0 Å². The predicted molar refractivity (Wildman–Crippen MR) is 67.7 cm³/mol. The van der Waals surface area contributed by atoms with Crippen LogP contribution in [-0.2, 0) is 4.79 Å². The summed E-state index contributed by atoms with van der Waals surface area (Å²) in [5.74, 6) is -0.235. The summed E-state index contributed by atoms with van der Waals surface area (Å²) in [7, 11) is 0. The first-order valence-corrected chi connectivity index (χ1v) is 6.47. The van der Waals surface area contributed by atoms with Crippen LogP contribution in [0, 0.1) is 9.39 Å². The Kier molecular flexibility index (Phi) is 3.20. The minimum absolute atomic E-state index is 0.00356. The summed E-state index contributed by atoms with van der Waals surface area (Å²) < 4.78 is 13.9. The van der Waals surface area contributed by atoms with Crippen LogP contribution in [0.2, 0.25) is 0 Å². The van der Waals surface area contributed by atoms with Gasteiger partial charge in [0.2, 0.25) is 5.91 Å². The number of amides is 1. The number of halogens is 2. The maximum atomic E-state index is 13.3. The van der Waals surface area contributed by atoms with Crippen LogP contribution >= 0.6 is 34.4 Å². The van der Waals surface area contributed by atoms with Gasteiger partial charge in [0.1, 0.15) is 5.82 Å². The first-order valence-electron chi connectivity index (χ1n) is 4.52. The number of rotatable bonds is 0. The first-order chi connectivity index (χ1) is 7.06. The van der Waals surface area contributed by atoms with Crippen molar-refractivity contribution in [3.05, 3.63) is 21.5 Å². The highest BCUT2D eigenvalue weighted by Gasteiger charge is 2.20. The molecule has 2 rings (SSSR count). The van der Waals surface area contributed by atoms with E-state index in [1.165, 1.54) is 17.8 Å². The molecule has 0 bridgehead atoms. The van der Waals surface area contributed by atoms with Crippen LogP contribution in [-0.4, -0.2) is 11.2 Å². The molecule has 0 radical (unpaired) electrons. The van der Waals surface area contributed by atoms with Gasteiger partial charge in [0, 0.05) is 16.6 Å². The van der Waals surface area contributed by atoms with E-state index >= 15 is 0 Å². The number of benzene rings is 1. The van der Waals surface area contributed by atoms with Crippen LogP contribution in [0.25, 0.3) is 0 Å². The van der Waals surface area contributed by atoms with Crippen molar-refractivity contribution < 1.29 is 9.18 Å². The second kappa shape index (κ2) is 4.29. The fourth-order valence-electron chi connectivity index (χ4n) is 1.44. The number of hydrogen-bond donors (Lipinski definition) is 1. The second-order valence-electron chi connectivity index (χ2n) is 3.44. The number of hydrogen-bond acceptors (Lipinski definition) is 2. The van der Waals surface area contributed by atoms with Crippen molar-refractivity contribution in [3.63, 3.8) is 0 Å². The minimum Gasteiger partial charge on any atom is -0.325 e. The molecule has 1 atom stereocenters. The highest BCUT2D eigenvalue weighted by atomic mass is 127. The van der Waals surface area contributed by atoms with E-state index in [4.69, 9.17) is 0 Å². The van der Waals surface area contributed by atoms with Crippen molar-refractivity contribution >= 4 is 45.9 Å². The normalized spacial score (nSPS) is 20.5. The average molecular weight is 337 g/mol. The minimum atomic E-state index is -0.231. The summed E-state index contributed by atoms with van der Waals surface area (Å²) in [4.78, 5) is 12.2. The zero-order chi connectivity index (χ0) is 11.0. The molecule has 15 heavy (non-hydrogen) atoms. The number of carbonyl (C=O) groups is 1. The highest BCUT2D eigenvalue weighted by molar-refractivity contribution is 14.1. The maximum absolute atomic E-state index is 13.3. The molecule has 1 aromatic carbocycles. The van der Waals surface area contributed by atoms with Crippen molar-refractivity contribution in [1.82, 2.24) is 0 Å². The molecule has 0 fully saturated rings. The van der Waals surface area contributed by atoms with E-state index in [9.17, 15) is 9.18 Å². The molecule has 0 aromatic heterocycles. The van der Waals surface area contributed by atoms with Crippen molar-refractivity contribution in [1.29, 1.82) is 0 Å². The van der Waals surface area contributed by atoms with Crippen LogP contribution < -0.4 is 5.32 Å². The molecule has 1 heterocycles. The zero-order valence-electron chi connectivity index (χ0n) is 8.01. The number of carbonyl (C=O) groups excluding carboxylic acids is 1. The molecule has 1 aliphatic rings. The third-order valence-electron chi connectivity index (χ3n) is 2.10. The molecular weight excluding hydrogens is 328 g/mol. The van der Waals surface area contributed by atoms with Crippen LogP contribution in [0.4, 0.5) is 10.1 Å². The average Bonchev–Trinajstić information content (AvgIpc) is 2.24. The molecule has 0 aliphatic carbocycles. The van der Waals surface area contributed by atoms with Gasteiger partial charge < -0.3 is 5.32 Å². The lowest BCUT2D eigenvalue weighted by Gasteiger charge is -2.08. The predicted octanol–water partition coefficient (Wildman–Crippen LogP) is 3.25. The molecule has 1 N–H and O–H groups in total. The monoisotopic (exact) mass is 337 g/mol. The lowest BCUT2D eigenvalue weighted by Crippen LogP contribution is -2.13. The van der Waals surface area contributed by atoms with Crippen molar-refractivity contribution in [2.45, 2.75) is 23.5 Å². The van der Waals surface area contributed by atoms with E-state index in [2.05, 4.69) is 5.32 Å². The lowest BCUT2D eigenvalue weighted by atomic mass is 10.3. The molecule has 1 amide bonds. The Morgan fingerprint density at radius 2 is 2.33 bits per heavy atom. The van der Waals surface area contributed by atoms with E-state index in [1.807, 2.05) is 29.5 Å². The van der Waals surface area contributed by atoms with Gasteiger partial charge in [0.05, 0.1) is 9.26 Å². The van der Waals surface area contributed by atoms with E-state index in [1.54, 1.807) is 6.07 Å². The third kappa shape index (κ3) is 2.44. The SMILES string of the molecule is CC1CC(=O)Nc2cc(I)c(F)cc2S1. The van der Waals surface area contributed by atoms with Crippen LogP contribution in [0.3, 0.4) is 0 Å². The molecule has 80 valence electrons. The topological polar surface area (TPSA) is 29.1 Å². The van der Waals surface area contributed by atoms with Gasteiger partial charge in [-0.1, -0.05) is 6.92 Å². The van der Waals surface area contributed by atoms with Crippen LogP contribution in [0.1, 0.15) is 13.3 Å². The van der Waals surface area contributed by atoms with Gasteiger partial charge in [-0.15, -0.1) is 11.8 Å². The highest BCUT2D eigenvalue weighted by Crippen LogP contribution is 2.36. The molecule has 1 unspecified atom stereocenters. The Morgan fingerprint density at radius 1 is 1.60 bits per heavy atom. The molecular formula is C10H9FINOS. The molecule has 1 aromatic rings. The van der Waals surface area contributed by atoms with Gasteiger partial charge in [0.15, 0.2) is 0 Å². The Bertz CT molecular complexity index is 424. The molecule has 1 aliphatic heterocycles. The lowest BCUT2D eigenvalue weighted by molar-refractivity contribution is -0.116. The summed E-state index contributed by atoms with van der Waals surface area (Å²) in [6, 6.07) is 3.16. The fraction of sp³-hybridized carbons (Fsp3) is 0.300. The summed E-state index contributed by atoms with van der Waals surface area (Å²) in [6.07, 6.45) is 0.470. The number of thioether (sulfide) groups is 1. The zero-order valence-corrected chi connectivity index (χ0v) is 11.0. The van der Waals surface area contributed by atoms with Crippen molar-refractivity contribution in [3.8, 4) is 0 Å². The van der Waals surface area contributed by atoms with Gasteiger partial charge >= 0.3 is 0 Å². The molecule has 5 heteroatoms.